The Morgan fingerprint density at radius 1 is 1.21 bits per heavy atom. The summed E-state index contributed by atoms with van der Waals surface area (Å²) < 4.78 is 12.0. The molecule has 6 nitrogen and oxygen atoms in total. The molecule has 8 heteroatoms. The molecule has 0 unspecified atom stereocenters. The van der Waals surface area contributed by atoms with Crippen LogP contribution in [0.2, 0.25) is 5.02 Å². The molecule has 2 aromatic carbocycles. The standard InChI is InChI=1S/C20H13BrClNO5/c21-13-5-10-20(17(22)11-13)27-12-15-7-6-14(28-15)8-9-19(24)16-3-1-2-4-18(16)23(25)26/h1-11H,12H2/b9-8+. The van der Waals surface area contributed by atoms with Gasteiger partial charge in [-0.2, -0.15) is 0 Å². The van der Waals surface area contributed by atoms with Crippen molar-refractivity contribution in [3.05, 3.63) is 97.4 Å². The zero-order chi connectivity index (χ0) is 20.1. The Labute approximate surface area is 173 Å². The van der Waals surface area contributed by atoms with Gasteiger partial charge < -0.3 is 9.15 Å². The summed E-state index contributed by atoms with van der Waals surface area (Å²) in [6, 6.07) is 14.4. The van der Waals surface area contributed by atoms with Crippen LogP contribution in [-0.4, -0.2) is 10.7 Å². The van der Waals surface area contributed by atoms with Crippen LogP contribution in [0.5, 0.6) is 5.75 Å². The van der Waals surface area contributed by atoms with Crippen LogP contribution in [0.15, 0.2) is 69.6 Å². The van der Waals surface area contributed by atoms with E-state index >= 15 is 0 Å². The van der Waals surface area contributed by atoms with E-state index in [9.17, 15) is 14.9 Å². The third-order valence-corrected chi connectivity index (χ3v) is 4.50. The first-order chi connectivity index (χ1) is 13.4. The van der Waals surface area contributed by atoms with E-state index in [1.807, 2.05) is 6.07 Å². The minimum Gasteiger partial charge on any atom is -0.484 e. The van der Waals surface area contributed by atoms with E-state index < -0.39 is 10.7 Å². The van der Waals surface area contributed by atoms with Crippen LogP contribution in [0.3, 0.4) is 0 Å². The van der Waals surface area contributed by atoms with Gasteiger partial charge in [0.25, 0.3) is 5.69 Å². The highest BCUT2D eigenvalue weighted by Gasteiger charge is 2.17. The first-order valence-electron chi connectivity index (χ1n) is 8.06. The van der Waals surface area contributed by atoms with Gasteiger partial charge >= 0.3 is 0 Å². The summed E-state index contributed by atoms with van der Waals surface area (Å²) >= 11 is 9.42. The molecule has 3 aromatic rings. The number of carbonyl (C=O) groups excluding carboxylic acids is 1. The number of nitrogens with zero attached hydrogens (tertiary/aromatic N) is 1. The second kappa shape index (κ2) is 8.86. The van der Waals surface area contributed by atoms with E-state index in [1.54, 1.807) is 30.3 Å². The zero-order valence-electron chi connectivity index (χ0n) is 14.3. The molecule has 0 radical (unpaired) electrons. The quantitative estimate of drug-likeness (QED) is 0.184. The van der Waals surface area contributed by atoms with Crippen molar-refractivity contribution < 1.29 is 18.9 Å². The molecule has 0 aliphatic rings. The lowest BCUT2D eigenvalue weighted by Gasteiger charge is -2.06. The maximum atomic E-state index is 12.2. The molecule has 0 aliphatic carbocycles. The summed E-state index contributed by atoms with van der Waals surface area (Å²) in [5.41, 5.74) is -0.221. The number of furan rings is 1. The fraction of sp³-hybridized carbons (Fsp3) is 0.0500. The number of para-hydroxylation sites is 1. The van der Waals surface area contributed by atoms with Crippen LogP contribution in [0.4, 0.5) is 5.69 Å². The number of rotatable bonds is 7. The highest BCUT2D eigenvalue weighted by atomic mass is 79.9. The van der Waals surface area contributed by atoms with Crippen LogP contribution in [0, 0.1) is 10.1 Å². The average Bonchev–Trinajstić information content (AvgIpc) is 3.13. The van der Waals surface area contributed by atoms with E-state index in [0.29, 0.717) is 22.3 Å². The predicted octanol–water partition coefficient (Wildman–Crippen LogP) is 6.08. The van der Waals surface area contributed by atoms with Crippen LogP contribution in [-0.2, 0) is 6.61 Å². The van der Waals surface area contributed by atoms with Crippen LogP contribution in [0.25, 0.3) is 6.08 Å². The minimum absolute atomic E-state index is 0.0174. The third-order valence-electron chi connectivity index (χ3n) is 3.71. The van der Waals surface area contributed by atoms with Gasteiger partial charge in [-0.05, 0) is 48.6 Å². The maximum Gasteiger partial charge on any atom is 0.280 e. The summed E-state index contributed by atoms with van der Waals surface area (Å²) in [4.78, 5) is 22.7. The van der Waals surface area contributed by atoms with E-state index in [0.717, 1.165) is 4.47 Å². The number of hydrogen-bond acceptors (Lipinski definition) is 5. The maximum absolute atomic E-state index is 12.2. The molecule has 1 aromatic heterocycles. The lowest BCUT2D eigenvalue weighted by atomic mass is 10.1. The number of hydrogen-bond donors (Lipinski definition) is 0. The van der Waals surface area contributed by atoms with Gasteiger partial charge in [-0.15, -0.1) is 0 Å². The molecule has 0 bridgehead atoms. The normalized spacial score (nSPS) is 10.9. The van der Waals surface area contributed by atoms with Crippen molar-refractivity contribution in [3.8, 4) is 5.75 Å². The van der Waals surface area contributed by atoms with Crippen molar-refractivity contribution in [1.29, 1.82) is 0 Å². The summed E-state index contributed by atoms with van der Waals surface area (Å²) in [7, 11) is 0. The number of halogens is 2. The molecular formula is C20H13BrClNO5. The number of nitro benzene ring substituents is 1. The highest BCUT2D eigenvalue weighted by molar-refractivity contribution is 9.10. The molecule has 0 atom stereocenters. The predicted molar refractivity (Wildman–Crippen MR) is 109 cm³/mol. The van der Waals surface area contributed by atoms with E-state index in [1.165, 1.54) is 30.4 Å². The smallest absolute Gasteiger partial charge is 0.280 e. The fourth-order valence-electron chi connectivity index (χ4n) is 2.39. The largest absolute Gasteiger partial charge is 0.484 e. The van der Waals surface area contributed by atoms with Gasteiger partial charge in [0.1, 0.15) is 23.9 Å². The number of allylic oxidation sites excluding steroid dienone is 1. The van der Waals surface area contributed by atoms with Gasteiger partial charge in [-0.3, -0.25) is 14.9 Å². The van der Waals surface area contributed by atoms with E-state index in [2.05, 4.69) is 15.9 Å². The van der Waals surface area contributed by atoms with Gasteiger partial charge in [0.15, 0.2) is 5.78 Å². The number of nitro groups is 1. The Balaban J connectivity index is 1.66. The van der Waals surface area contributed by atoms with Crippen molar-refractivity contribution in [1.82, 2.24) is 0 Å². The van der Waals surface area contributed by atoms with E-state index in [-0.39, 0.29) is 17.9 Å². The molecule has 0 fully saturated rings. The van der Waals surface area contributed by atoms with Gasteiger partial charge in [-0.25, -0.2) is 0 Å². The van der Waals surface area contributed by atoms with Gasteiger partial charge in [-0.1, -0.05) is 39.7 Å². The molecular weight excluding hydrogens is 450 g/mol. The van der Waals surface area contributed by atoms with Crippen LogP contribution < -0.4 is 4.74 Å². The van der Waals surface area contributed by atoms with Crippen molar-refractivity contribution in [2.24, 2.45) is 0 Å². The lowest BCUT2D eigenvalue weighted by Crippen LogP contribution is -2.00. The van der Waals surface area contributed by atoms with E-state index in [4.69, 9.17) is 20.8 Å². The Morgan fingerprint density at radius 2 is 2.00 bits per heavy atom. The molecule has 28 heavy (non-hydrogen) atoms. The Kier molecular flexibility index (Phi) is 6.28. The number of benzene rings is 2. The number of carbonyl (C=O) groups is 1. The molecule has 0 spiro atoms. The lowest BCUT2D eigenvalue weighted by molar-refractivity contribution is -0.385. The summed E-state index contributed by atoms with van der Waals surface area (Å²) in [6.45, 7) is 0.160. The minimum atomic E-state index is -0.587. The van der Waals surface area contributed by atoms with Gasteiger partial charge in [0.05, 0.1) is 15.5 Å². The highest BCUT2D eigenvalue weighted by Crippen LogP contribution is 2.28. The Bertz CT molecular complexity index is 1060. The number of ether oxygens (including phenoxy) is 1. The molecule has 0 aliphatic heterocycles. The Hall–Kier alpha value is -2.90. The molecule has 0 amide bonds. The van der Waals surface area contributed by atoms with Crippen molar-refractivity contribution in [3.63, 3.8) is 0 Å². The second-order valence-electron chi connectivity index (χ2n) is 5.64. The molecule has 3 rings (SSSR count). The van der Waals surface area contributed by atoms with Gasteiger partial charge in [0, 0.05) is 10.5 Å². The molecule has 0 N–H and O–H groups in total. The van der Waals surface area contributed by atoms with Crippen LogP contribution >= 0.6 is 27.5 Å². The van der Waals surface area contributed by atoms with Crippen molar-refractivity contribution >= 4 is 45.1 Å². The molecule has 0 saturated carbocycles. The molecule has 1 heterocycles. The Morgan fingerprint density at radius 3 is 2.75 bits per heavy atom. The zero-order valence-corrected chi connectivity index (χ0v) is 16.6. The molecule has 0 saturated heterocycles. The first-order valence-corrected chi connectivity index (χ1v) is 9.23. The second-order valence-corrected chi connectivity index (χ2v) is 6.96. The fourth-order valence-corrected chi connectivity index (χ4v) is 3.12. The SMILES string of the molecule is O=C(/C=C/c1ccc(COc2ccc(Br)cc2Cl)o1)c1ccccc1[N+](=O)[O-]. The topological polar surface area (TPSA) is 82.6 Å². The van der Waals surface area contributed by atoms with Crippen molar-refractivity contribution in [2.75, 3.05) is 0 Å². The average molecular weight is 463 g/mol. The summed E-state index contributed by atoms with van der Waals surface area (Å²) in [6.07, 6.45) is 2.69. The van der Waals surface area contributed by atoms with Gasteiger partial charge in [0.2, 0.25) is 0 Å². The van der Waals surface area contributed by atoms with Crippen molar-refractivity contribution in [2.45, 2.75) is 6.61 Å². The number of ketones is 1. The van der Waals surface area contributed by atoms with Crippen LogP contribution in [0.1, 0.15) is 21.9 Å². The summed E-state index contributed by atoms with van der Waals surface area (Å²) in [5, 5.41) is 11.5. The third kappa shape index (κ3) is 4.88. The first kappa shape index (κ1) is 19.9. The molecule has 142 valence electrons. The summed E-state index contributed by atoms with van der Waals surface area (Å²) in [5.74, 6) is 0.997. The monoisotopic (exact) mass is 461 g/mol.